The van der Waals surface area contributed by atoms with E-state index in [0.29, 0.717) is 5.71 Å². The van der Waals surface area contributed by atoms with Crippen LogP contribution in [0.3, 0.4) is 0 Å². The van der Waals surface area contributed by atoms with Crippen molar-refractivity contribution in [1.29, 1.82) is 0 Å². The number of likely N-dealkylation sites (N-methyl/N-ethyl adjacent to an activating group) is 1. The van der Waals surface area contributed by atoms with Crippen LogP contribution in [0.1, 0.15) is 37.7 Å². The summed E-state index contributed by atoms with van der Waals surface area (Å²) in [7, 11) is 2.16. The van der Waals surface area contributed by atoms with E-state index in [2.05, 4.69) is 22.2 Å². The van der Waals surface area contributed by atoms with Crippen molar-refractivity contribution in [3.8, 4) is 11.3 Å². The Kier molecular flexibility index (Phi) is 4.87. The van der Waals surface area contributed by atoms with E-state index in [1.807, 2.05) is 24.3 Å². The van der Waals surface area contributed by atoms with Gasteiger partial charge in [-0.3, -0.25) is 0 Å². The minimum Gasteiger partial charge on any atom is -0.432 e. The molecule has 0 N–H and O–H groups in total. The average Bonchev–Trinajstić information content (AvgIpc) is 3.35. The van der Waals surface area contributed by atoms with E-state index >= 15 is 0 Å². The molecule has 152 valence electrons. The van der Waals surface area contributed by atoms with Crippen molar-refractivity contribution in [3.63, 3.8) is 0 Å². The minimum absolute atomic E-state index is 0.286. The van der Waals surface area contributed by atoms with Crippen molar-refractivity contribution < 1.29 is 9.53 Å². The number of aliphatic imine (C=N–C) groups is 1. The van der Waals surface area contributed by atoms with Crippen LogP contribution in [0, 0.1) is 0 Å². The average molecular weight is 411 g/mol. The van der Waals surface area contributed by atoms with Gasteiger partial charge in [0.15, 0.2) is 10.8 Å². The first-order valence-corrected chi connectivity index (χ1v) is 11.3. The van der Waals surface area contributed by atoms with Crippen LogP contribution in [0.2, 0.25) is 0 Å². The Balaban J connectivity index is 1.33. The largest absolute Gasteiger partial charge is 0.432 e. The lowest BCUT2D eigenvalue weighted by Crippen LogP contribution is -2.44. The monoisotopic (exact) mass is 410 g/mol. The van der Waals surface area contributed by atoms with Crippen LogP contribution in [0.4, 0.5) is 5.13 Å². The molecule has 0 atom stereocenters. The number of piperazine rings is 1. The van der Waals surface area contributed by atoms with Gasteiger partial charge in [-0.05, 0) is 19.9 Å². The third-order valence-electron chi connectivity index (χ3n) is 6.15. The third kappa shape index (κ3) is 3.69. The van der Waals surface area contributed by atoms with Crippen molar-refractivity contribution in [2.45, 2.75) is 37.8 Å². The number of esters is 1. The number of carbonyl (C=O) groups is 1. The Morgan fingerprint density at radius 2 is 1.69 bits per heavy atom. The summed E-state index contributed by atoms with van der Waals surface area (Å²) in [6.45, 7) is 4.19. The molecule has 5 rings (SSSR count). The molecule has 7 heteroatoms. The molecule has 1 aromatic carbocycles. The van der Waals surface area contributed by atoms with Crippen LogP contribution in [-0.4, -0.2) is 60.5 Å². The lowest BCUT2D eigenvalue weighted by molar-refractivity contribution is -0.148. The Hall–Kier alpha value is -2.25. The molecule has 0 unspecified atom stereocenters. The van der Waals surface area contributed by atoms with E-state index in [9.17, 15) is 4.79 Å². The predicted octanol–water partition coefficient (Wildman–Crippen LogP) is 3.57. The van der Waals surface area contributed by atoms with Gasteiger partial charge in [0.05, 0.1) is 5.69 Å². The smallest absolute Gasteiger partial charge is 0.359 e. The zero-order chi connectivity index (χ0) is 19.8. The minimum atomic E-state index is -0.602. The van der Waals surface area contributed by atoms with Crippen LogP contribution in [-0.2, 0) is 9.53 Å². The molecule has 2 aromatic rings. The number of ether oxygens (including phenoxy) is 1. The first-order valence-electron chi connectivity index (χ1n) is 10.4. The first kappa shape index (κ1) is 18.8. The molecular weight excluding hydrogens is 384 g/mol. The van der Waals surface area contributed by atoms with Gasteiger partial charge in [0.25, 0.3) is 0 Å². The molecule has 2 fully saturated rings. The summed E-state index contributed by atoms with van der Waals surface area (Å²) in [5, 5.41) is 3.20. The van der Waals surface area contributed by atoms with Gasteiger partial charge >= 0.3 is 5.97 Å². The van der Waals surface area contributed by atoms with E-state index in [-0.39, 0.29) is 5.97 Å². The fraction of sp³-hybridized carbons (Fsp3) is 0.500. The highest BCUT2D eigenvalue weighted by atomic mass is 32.1. The van der Waals surface area contributed by atoms with Crippen LogP contribution in [0.15, 0.2) is 34.6 Å². The normalized spacial score (nSPS) is 22.0. The van der Waals surface area contributed by atoms with Gasteiger partial charge in [0.1, 0.15) is 0 Å². The highest BCUT2D eigenvalue weighted by Crippen LogP contribution is 2.37. The summed E-state index contributed by atoms with van der Waals surface area (Å²) in [5.74, 6) is -0.286. The van der Waals surface area contributed by atoms with E-state index in [1.165, 1.54) is 6.42 Å². The van der Waals surface area contributed by atoms with Gasteiger partial charge in [0.2, 0.25) is 5.72 Å². The topological polar surface area (TPSA) is 58.0 Å². The van der Waals surface area contributed by atoms with E-state index in [0.717, 1.165) is 73.8 Å². The number of hydrogen-bond donors (Lipinski definition) is 0. The molecule has 1 aromatic heterocycles. The summed E-state index contributed by atoms with van der Waals surface area (Å²) in [4.78, 5) is 26.7. The fourth-order valence-electron chi connectivity index (χ4n) is 4.33. The quantitative estimate of drug-likeness (QED) is 0.724. The standard InChI is InChI=1S/C22H26N4O2S/c1-25-11-13-26(14-12-25)21-23-18(15-29-21)16-5-7-17(8-6-16)19-20(27)28-22(24-19)9-3-2-4-10-22/h5-8,15H,2-4,9-14H2,1H3. The summed E-state index contributed by atoms with van der Waals surface area (Å²) in [5.41, 5.74) is 2.74. The van der Waals surface area contributed by atoms with Crippen molar-refractivity contribution in [1.82, 2.24) is 9.88 Å². The summed E-state index contributed by atoms with van der Waals surface area (Å²) in [6, 6.07) is 7.98. The summed E-state index contributed by atoms with van der Waals surface area (Å²) in [6.07, 6.45) is 5.02. The van der Waals surface area contributed by atoms with Crippen molar-refractivity contribution in [2.24, 2.45) is 4.99 Å². The van der Waals surface area contributed by atoms with Gasteiger partial charge in [0, 0.05) is 55.5 Å². The number of rotatable bonds is 3. The van der Waals surface area contributed by atoms with Gasteiger partial charge in [-0.25, -0.2) is 14.8 Å². The lowest BCUT2D eigenvalue weighted by atomic mass is 9.92. The molecule has 0 bridgehead atoms. The number of carbonyl (C=O) groups excluding carboxylic acids is 1. The van der Waals surface area contributed by atoms with E-state index in [4.69, 9.17) is 14.7 Å². The zero-order valence-electron chi connectivity index (χ0n) is 16.8. The number of thiazole rings is 1. The Morgan fingerprint density at radius 1 is 1.00 bits per heavy atom. The molecule has 3 heterocycles. The Bertz CT molecular complexity index is 923. The third-order valence-corrected chi connectivity index (χ3v) is 7.05. The molecule has 2 aliphatic heterocycles. The number of benzene rings is 1. The molecule has 3 aliphatic rings. The summed E-state index contributed by atoms with van der Waals surface area (Å²) >= 11 is 1.70. The predicted molar refractivity (Wildman–Crippen MR) is 116 cm³/mol. The van der Waals surface area contributed by atoms with Gasteiger partial charge in [-0.1, -0.05) is 30.7 Å². The molecule has 0 radical (unpaired) electrons. The molecule has 1 saturated heterocycles. The highest BCUT2D eigenvalue weighted by molar-refractivity contribution is 7.14. The number of nitrogens with zero attached hydrogens (tertiary/aromatic N) is 4. The first-order chi connectivity index (χ1) is 14.1. The maximum Gasteiger partial charge on any atom is 0.359 e. The van der Waals surface area contributed by atoms with E-state index < -0.39 is 5.72 Å². The highest BCUT2D eigenvalue weighted by Gasteiger charge is 2.43. The molecular formula is C22H26N4O2S. The van der Waals surface area contributed by atoms with Gasteiger partial charge < -0.3 is 14.5 Å². The molecule has 1 spiro atoms. The molecule has 29 heavy (non-hydrogen) atoms. The van der Waals surface area contributed by atoms with Gasteiger partial charge in [-0.15, -0.1) is 11.3 Å². The molecule has 1 aliphatic carbocycles. The van der Waals surface area contributed by atoms with Crippen LogP contribution >= 0.6 is 11.3 Å². The second kappa shape index (κ2) is 7.54. The second-order valence-electron chi connectivity index (χ2n) is 8.24. The van der Waals surface area contributed by atoms with Crippen LogP contribution in [0.25, 0.3) is 11.3 Å². The molecule has 1 saturated carbocycles. The maximum atomic E-state index is 12.4. The van der Waals surface area contributed by atoms with Crippen LogP contribution in [0.5, 0.6) is 0 Å². The zero-order valence-corrected chi connectivity index (χ0v) is 17.6. The van der Waals surface area contributed by atoms with Crippen molar-refractivity contribution in [3.05, 3.63) is 35.2 Å². The number of aromatic nitrogens is 1. The van der Waals surface area contributed by atoms with Crippen LogP contribution < -0.4 is 4.90 Å². The number of hydrogen-bond acceptors (Lipinski definition) is 7. The fourth-order valence-corrected chi connectivity index (χ4v) is 5.22. The second-order valence-corrected chi connectivity index (χ2v) is 9.08. The Labute approximate surface area is 175 Å². The van der Waals surface area contributed by atoms with Crippen molar-refractivity contribution >= 4 is 28.1 Å². The molecule has 0 amide bonds. The lowest BCUT2D eigenvalue weighted by Gasteiger charge is -2.32. The van der Waals surface area contributed by atoms with Crippen molar-refractivity contribution in [2.75, 3.05) is 38.1 Å². The SMILES string of the molecule is CN1CCN(c2nc(-c3ccc(C4=NC5(CCCCC5)OC4=O)cc3)cs2)CC1. The maximum absolute atomic E-state index is 12.4. The Morgan fingerprint density at radius 3 is 2.41 bits per heavy atom. The summed E-state index contributed by atoms with van der Waals surface area (Å²) < 4.78 is 5.69. The molecule has 6 nitrogen and oxygen atoms in total. The van der Waals surface area contributed by atoms with Gasteiger partial charge in [-0.2, -0.15) is 0 Å². The number of anilines is 1. The van der Waals surface area contributed by atoms with E-state index in [1.54, 1.807) is 11.3 Å².